The minimum absolute atomic E-state index is 0.172. The maximum atomic E-state index is 12.4. The monoisotopic (exact) mass is 406 g/mol. The summed E-state index contributed by atoms with van der Waals surface area (Å²) in [6.45, 7) is 4.34. The van der Waals surface area contributed by atoms with Crippen LogP contribution in [0.1, 0.15) is 0 Å². The van der Waals surface area contributed by atoms with Gasteiger partial charge in [0.25, 0.3) is 0 Å². The summed E-state index contributed by atoms with van der Waals surface area (Å²) in [6, 6.07) is 14.9. The van der Waals surface area contributed by atoms with Crippen LogP contribution in [0.3, 0.4) is 0 Å². The molecule has 4 aromatic rings. The molecule has 0 aliphatic rings. The Hall–Kier alpha value is -3.59. The van der Waals surface area contributed by atoms with E-state index >= 15 is 0 Å². The van der Waals surface area contributed by atoms with Gasteiger partial charge in [-0.05, 0) is 18.2 Å². The molecule has 0 atom stereocenters. The van der Waals surface area contributed by atoms with Crippen molar-refractivity contribution in [3.63, 3.8) is 0 Å². The van der Waals surface area contributed by atoms with Gasteiger partial charge in [0.05, 0.1) is 16.8 Å². The number of thioether (sulfide) groups is 1. The fourth-order valence-electron chi connectivity index (χ4n) is 2.93. The Morgan fingerprint density at radius 1 is 1.14 bits per heavy atom. The van der Waals surface area contributed by atoms with E-state index in [0.29, 0.717) is 28.4 Å². The predicted molar refractivity (Wildman–Crippen MR) is 114 cm³/mol. The Kier molecular flexibility index (Phi) is 5.30. The van der Waals surface area contributed by atoms with Gasteiger partial charge in [-0.25, -0.2) is 4.79 Å². The standard InChI is InChI=1S/C20H18N6O2S/c1-2-10-26-18(13-6-4-3-5-7-13)24-25-20(26)29-12-17(27)21-14-8-9-15-16(11-14)23-19(28)22-15/h2-9,11H,1,10,12H2,(H,21,27)(H2,22,23,28). The molecule has 0 saturated carbocycles. The van der Waals surface area contributed by atoms with Crippen LogP contribution >= 0.6 is 11.8 Å². The van der Waals surface area contributed by atoms with E-state index in [0.717, 1.165) is 11.4 Å². The van der Waals surface area contributed by atoms with Crippen LogP contribution in [0.5, 0.6) is 0 Å². The van der Waals surface area contributed by atoms with Crippen molar-refractivity contribution in [3.8, 4) is 11.4 Å². The molecule has 29 heavy (non-hydrogen) atoms. The second-order valence-corrected chi connectivity index (χ2v) is 7.19. The van der Waals surface area contributed by atoms with Crippen molar-refractivity contribution in [1.82, 2.24) is 24.7 Å². The average Bonchev–Trinajstić information content (AvgIpc) is 3.29. The van der Waals surface area contributed by atoms with Crippen LogP contribution < -0.4 is 11.0 Å². The first kappa shape index (κ1) is 18.8. The van der Waals surface area contributed by atoms with E-state index in [1.54, 1.807) is 24.3 Å². The number of carbonyl (C=O) groups is 1. The van der Waals surface area contributed by atoms with E-state index in [4.69, 9.17) is 0 Å². The summed E-state index contributed by atoms with van der Waals surface area (Å²) in [5.41, 5.74) is 2.60. The van der Waals surface area contributed by atoms with Gasteiger partial charge in [-0.3, -0.25) is 9.36 Å². The van der Waals surface area contributed by atoms with Crippen LogP contribution in [0.4, 0.5) is 5.69 Å². The van der Waals surface area contributed by atoms with Crippen molar-refractivity contribution in [2.75, 3.05) is 11.1 Å². The number of nitrogens with zero attached hydrogens (tertiary/aromatic N) is 3. The highest BCUT2D eigenvalue weighted by atomic mass is 32.2. The molecule has 1 amide bonds. The molecule has 146 valence electrons. The molecule has 0 aliphatic carbocycles. The van der Waals surface area contributed by atoms with E-state index < -0.39 is 0 Å². The van der Waals surface area contributed by atoms with Crippen molar-refractivity contribution in [2.24, 2.45) is 0 Å². The minimum atomic E-state index is -0.283. The van der Waals surface area contributed by atoms with Crippen molar-refractivity contribution in [1.29, 1.82) is 0 Å². The van der Waals surface area contributed by atoms with Gasteiger partial charge in [-0.2, -0.15) is 0 Å². The van der Waals surface area contributed by atoms with Crippen LogP contribution in [0.15, 0.2) is 71.1 Å². The van der Waals surface area contributed by atoms with Gasteiger partial charge in [0.2, 0.25) is 5.91 Å². The van der Waals surface area contributed by atoms with E-state index in [1.807, 2.05) is 34.9 Å². The largest absolute Gasteiger partial charge is 0.325 e. The lowest BCUT2D eigenvalue weighted by atomic mass is 10.2. The van der Waals surface area contributed by atoms with Crippen molar-refractivity contribution in [3.05, 3.63) is 71.7 Å². The van der Waals surface area contributed by atoms with Gasteiger partial charge in [-0.15, -0.1) is 16.8 Å². The molecule has 0 radical (unpaired) electrons. The van der Waals surface area contributed by atoms with Gasteiger partial charge in [0, 0.05) is 17.8 Å². The summed E-state index contributed by atoms with van der Waals surface area (Å²) in [6.07, 6.45) is 1.77. The maximum absolute atomic E-state index is 12.4. The molecule has 2 aromatic carbocycles. The van der Waals surface area contributed by atoms with Crippen LogP contribution in [0.25, 0.3) is 22.4 Å². The molecule has 2 heterocycles. The molecule has 0 fully saturated rings. The molecule has 0 unspecified atom stereocenters. The summed E-state index contributed by atoms with van der Waals surface area (Å²) in [7, 11) is 0. The number of rotatable bonds is 7. The van der Waals surface area contributed by atoms with Crippen molar-refractivity contribution >= 4 is 34.4 Å². The zero-order valence-electron chi connectivity index (χ0n) is 15.4. The highest BCUT2D eigenvalue weighted by Gasteiger charge is 2.15. The molecular weight excluding hydrogens is 388 g/mol. The fraction of sp³-hybridized carbons (Fsp3) is 0.100. The highest BCUT2D eigenvalue weighted by molar-refractivity contribution is 7.99. The van der Waals surface area contributed by atoms with Crippen molar-refractivity contribution in [2.45, 2.75) is 11.7 Å². The predicted octanol–water partition coefficient (Wildman–Crippen LogP) is 3.03. The number of hydrogen-bond acceptors (Lipinski definition) is 5. The van der Waals surface area contributed by atoms with E-state index in [9.17, 15) is 9.59 Å². The number of aromatic nitrogens is 5. The SMILES string of the molecule is C=CCn1c(SCC(=O)Nc2ccc3[nH]c(=O)[nH]c3c2)nnc1-c1ccccc1. The van der Waals surface area contributed by atoms with E-state index in [1.165, 1.54) is 11.8 Å². The van der Waals surface area contributed by atoms with Gasteiger partial charge >= 0.3 is 5.69 Å². The van der Waals surface area contributed by atoms with Gasteiger partial charge in [0.15, 0.2) is 11.0 Å². The second-order valence-electron chi connectivity index (χ2n) is 6.25. The van der Waals surface area contributed by atoms with Gasteiger partial charge in [0.1, 0.15) is 0 Å². The van der Waals surface area contributed by atoms with Crippen LogP contribution in [-0.2, 0) is 11.3 Å². The summed E-state index contributed by atoms with van der Waals surface area (Å²) < 4.78 is 1.93. The van der Waals surface area contributed by atoms with Crippen molar-refractivity contribution < 1.29 is 4.79 Å². The number of hydrogen-bond donors (Lipinski definition) is 3. The average molecular weight is 406 g/mol. The number of benzene rings is 2. The number of imidazole rings is 1. The first-order valence-electron chi connectivity index (χ1n) is 8.88. The normalized spacial score (nSPS) is 10.9. The van der Waals surface area contributed by atoms with Gasteiger partial charge in [-0.1, -0.05) is 48.2 Å². The molecule has 4 rings (SSSR count). The smallest absolute Gasteiger partial charge is 0.323 e. The number of carbonyl (C=O) groups excluding carboxylic acids is 1. The number of H-pyrrole nitrogens is 2. The maximum Gasteiger partial charge on any atom is 0.323 e. The topological polar surface area (TPSA) is 108 Å². The minimum Gasteiger partial charge on any atom is -0.325 e. The molecule has 9 heteroatoms. The zero-order valence-corrected chi connectivity index (χ0v) is 16.2. The Labute approximate surface area is 170 Å². The lowest BCUT2D eigenvalue weighted by molar-refractivity contribution is -0.113. The lowest BCUT2D eigenvalue weighted by Crippen LogP contribution is -2.14. The summed E-state index contributed by atoms with van der Waals surface area (Å²) >= 11 is 1.30. The summed E-state index contributed by atoms with van der Waals surface area (Å²) in [5, 5.41) is 12.0. The number of nitrogens with one attached hydrogen (secondary N) is 3. The first-order chi connectivity index (χ1) is 14.1. The molecular formula is C20H18N6O2S. The third-order valence-corrected chi connectivity index (χ3v) is 5.16. The highest BCUT2D eigenvalue weighted by Crippen LogP contribution is 2.24. The van der Waals surface area contributed by atoms with Crippen LogP contribution in [0, 0.1) is 0 Å². The number of anilines is 1. The molecule has 0 bridgehead atoms. The number of fused-ring (bicyclic) bond motifs is 1. The molecule has 2 aromatic heterocycles. The second kappa shape index (κ2) is 8.19. The summed E-state index contributed by atoms with van der Waals surface area (Å²) in [5.74, 6) is 0.725. The molecule has 3 N–H and O–H groups in total. The summed E-state index contributed by atoms with van der Waals surface area (Å²) in [4.78, 5) is 29.1. The number of amides is 1. The van der Waals surface area contributed by atoms with E-state index in [-0.39, 0.29) is 17.3 Å². The third kappa shape index (κ3) is 4.14. The lowest BCUT2D eigenvalue weighted by Gasteiger charge is -2.08. The number of aromatic amines is 2. The van der Waals surface area contributed by atoms with Crippen LogP contribution in [0.2, 0.25) is 0 Å². The molecule has 0 aliphatic heterocycles. The number of allylic oxidation sites excluding steroid dienone is 1. The molecule has 0 spiro atoms. The molecule has 8 nitrogen and oxygen atoms in total. The Bertz CT molecular complexity index is 1220. The third-order valence-electron chi connectivity index (χ3n) is 4.19. The van der Waals surface area contributed by atoms with E-state index in [2.05, 4.69) is 32.1 Å². The quantitative estimate of drug-likeness (QED) is 0.323. The fourth-order valence-corrected chi connectivity index (χ4v) is 3.68. The Morgan fingerprint density at radius 3 is 2.72 bits per heavy atom. The Morgan fingerprint density at radius 2 is 1.93 bits per heavy atom. The first-order valence-corrected chi connectivity index (χ1v) is 9.87. The van der Waals surface area contributed by atoms with Crippen LogP contribution in [-0.4, -0.2) is 36.4 Å². The molecule has 0 saturated heterocycles. The van der Waals surface area contributed by atoms with Gasteiger partial charge < -0.3 is 15.3 Å². The zero-order chi connectivity index (χ0) is 20.2. The Balaban J connectivity index is 1.46.